The summed E-state index contributed by atoms with van der Waals surface area (Å²) in [7, 11) is 0. The highest BCUT2D eigenvalue weighted by Gasteiger charge is 2.23. The largest absolute Gasteiger partial charge is 0.383 e. The highest BCUT2D eigenvalue weighted by atomic mass is 79.9. The van der Waals surface area contributed by atoms with Gasteiger partial charge in [-0.15, -0.1) is 0 Å². The van der Waals surface area contributed by atoms with E-state index in [1.807, 2.05) is 6.20 Å². The molecule has 0 amide bonds. The summed E-state index contributed by atoms with van der Waals surface area (Å²) in [4.78, 5) is 8.56. The first-order valence-corrected chi connectivity index (χ1v) is 12.9. The molecule has 2 heterocycles. The Balaban J connectivity index is 1.48. The third kappa shape index (κ3) is 4.18. The Bertz CT molecular complexity index is 1380. The molecule has 4 aromatic rings. The molecule has 176 valence electrons. The van der Waals surface area contributed by atoms with Gasteiger partial charge < -0.3 is 15.0 Å². The van der Waals surface area contributed by atoms with Crippen LogP contribution in [0.3, 0.4) is 0 Å². The topological polar surface area (TPSA) is 68.8 Å². The molecule has 0 spiro atoms. The fraction of sp³-hybridized carbons (Fsp3) is 0.217. The SMILES string of the molecule is Nc1ncnc2c1c(-c1ccc(NSc3c(F)c(Br)cc(F)c3Br)c(F)c1)cn2C1CCCC1. The van der Waals surface area contributed by atoms with Crippen molar-refractivity contribution in [3.8, 4) is 11.1 Å². The van der Waals surface area contributed by atoms with Gasteiger partial charge in [-0.25, -0.2) is 23.1 Å². The number of hydrogen-bond donors (Lipinski definition) is 2. The van der Waals surface area contributed by atoms with Crippen molar-refractivity contribution in [1.29, 1.82) is 0 Å². The number of nitrogens with one attached hydrogen (secondary N) is 1. The molecule has 0 atom stereocenters. The first-order chi connectivity index (χ1) is 16.3. The van der Waals surface area contributed by atoms with Crippen molar-refractivity contribution in [2.45, 2.75) is 36.6 Å². The van der Waals surface area contributed by atoms with E-state index in [0.29, 0.717) is 22.8 Å². The van der Waals surface area contributed by atoms with Gasteiger partial charge in [-0.1, -0.05) is 18.9 Å². The number of benzene rings is 2. The molecule has 0 bridgehead atoms. The number of nitrogens with zero attached hydrogens (tertiary/aromatic N) is 3. The number of rotatable bonds is 5. The van der Waals surface area contributed by atoms with Crippen LogP contribution < -0.4 is 10.5 Å². The molecule has 0 saturated heterocycles. The number of fused-ring (bicyclic) bond motifs is 1. The van der Waals surface area contributed by atoms with Crippen molar-refractivity contribution in [1.82, 2.24) is 14.5 Å². The lowest BCUT2D eigenvalue weighted by atomic mass is 10.1. The van der Waals surface area contributed by atoms with Crippen LogP contribution in [-0.2, 0) is 0 Å². The van der Waals surface area contributed by atoms with E-state index in [1.165, 1.54) is 12.4 Å². The molecule has 34 heavy (non-hydrogen) atoms. The lowest BCUT2D eigenvalue weighted by Gasteiger charge is -2.12. The van der Waals surface area contributed by atoms with Gasteiger partial charge in [0.05, 0.1) is 24.9 Å². The summed E-state index contributed by atoms with van der Waals surface area (Å²) in [6, 6.07) is 6.04. The molecule has 0 aliphatic heterocycles. The van der Waals surface area contributed by atoms with Gasteiger partial charge in [-0.2, -0.15) is 0 Å². The van der Waals surface area contributed by atoms with Crippen LogP contribution >= 0.6 is 43.8 Å². The molecule has 1 fully saturated rings. The van der Waals surface area contributed by atoms with Crippen molar-refractivity contribution in [2.24, 2.45) is 0 Å². The maximum atomic E-state index is 15.1. The maximum Gasteiger partial charge on any atom is 0.154 e. The molecule has 0 radical (unpaired) electrons. The van der Waals surface area contributed by atoms with Gasteiger partial charge in [0.2, 0.25) is 0 Å². The third-order valence-electron chi connectivity index (χ3n) is 5.97. The van der Waals surface area contributed by atoms with E-state index in [4.69, 9.17) is 5.73 Å². The van der Waals surface area contributed by atoms with Gasteiger partial charge in [-0.05, 0) is 80.4 Å². The second-order valence-corrected chi connectivity index (χ2v) is 10.5. The Morgan fingerprint density at radius 3 is 2.56 bits per heavy atom. The van der Waals surface area contributed by atoms with Crippen LogP contribution in [0.15, 0.2) is 50.6 Å². The smallest absolute Gasteiger partial charge is 0.154 e. The van der Waals surface area contributed by atoms with E-state index < -0.39 is 17.5 Å². The van der Waals surface area contributed by atoms with Crippen LogP contribution in [0, 0.1) is 17.5 Å². The first-order valence-electron chi connectivity index (χ1n) is 10.5. The number of hydrogen-bond acceptors (Lipinski definition) is 5. The highest BCUT2D eigenvalue weighted by molar-refractivity contribution is 9.11. The van der Waals surface area contributed by atoms with E-state index in [2.05, 4.69) is 51.1 Å². The quantitative estimate of drug-likeness (QED) is 0.177. The predicted molar refractivity (Wildman–Crippen MR) is 136 cm³/mol. The number of aromatic nitrogens is 3. The number of anilines is 2. The molecule has 5 nitrogen and oxygen atoms in total. The molecular formula is C23H18Br2F3N5S. The Morgan fingerprint density at radius 2 is 1.82 bits per heavy atom. The van der Waals surface area contributed by atoms with E-state index in [1.54, 1.807) is 12.1 Å². The van der Waals surface area contributed by atoms with Crippen LogP contribution in [0.25, 0.3) is 22.2 Å². The summed E-state index contributed by atoms with van der Waals surface area (Å²) in [5.41, 5.74) is 8.43. The van der Waals surface area contributed by atoms with Crippen LogP contribution in [0.5, 0.6) is 0 Å². The van der Waals surface area contributed by atoms with Gasteiger partial charge in [0.25, 0.3) is 0 Å². The second-order valence-electron chi connectivity index (χ2n) is 8.04. The lowest BCUT2D eigenvalue weighted by molar-refractivity contribution is 0.532. The molecule has 3 N–H and O–H groups in total. The van der Waals surface area contributed by atoms with Crippen LogP contribution in [0.2, 0.25) is 0 Å². The summed E-state index contributed by atoms with van der Waals surface area (Å²) < 4.78 is 48.3. The van der Waals surface area contributed by atoms with E-state index in [0.717, 1.165) is 54.9 Å². The zero-order chi connectivity index (χ0) is 24.0. The Labute approximate surface area is 214 Å². The molecule has 11 heteroatoms. The summed E-state index contributed by atoms with van der Waals surface area (Å²) in [6.07, 6.45) is 7.85. The van der Waals surface area contributed by atoms with Crippen molar-refractivity contribution in [3.63, 3.8) is 0 Å². The normalized spacial score (nSPS) is 14.3. The average Bonchev–Trinajstić information content (AvgIpc) is 3.47. The maximum absolute atomic E-state index is 15.1. The highest BCUT2D eigenvalue weighted by Crippen LogP contribution is 2.40. The third-order valence-corrected chi connectivity index (χ3v) is 8.50. The van der Waals surface area contributed by atoms with Crippen molar-refractivity contribution >= 4 is 66.3 Å². The molecule has 1 aliphatic carbocycles. The van der Waals surface area contributed by atoms with Gasteiger partial charge in [0, 0.05) is 17.8 Å². The minimum absolute atomic E-state index is 0.0215. The zero-order valence-corrected chi connectivity index (χ0v) is 21.6. The Kier molecular flexibility index (Phi) is 6.51. The minimum Gasteiger partial charge on any atom is -0.383 e. The fourth-order valence-electron chi connectivity index (χ4n) is 4.30. The van der Waals surface area contributed by atoms with E-state index in [-0.39, 0.29) is 19.5 Å². The summed E-state index contributed by atoms with van der Waals surface area (Å²) in [5, 5.41) is 0.694. The average molecular weight is 613 g/mol. The fourth-order valence-corrected chi connectivity index (χ4v) is 6.13. The molecule has 2 aromatic carbocycles. The van der Waals surface area contributed by atoms with Gasteiger partial charge in [0.15, 0.2) is 5.82 Å². The van der Waals surface area contributed by atoms with Crippen LogP contribution in [0.4, 0.5) is 24.7 Å². The lowest BCUT2D eigenvalue weighted by Crippen LogP contribution is -2.04. The predicted octanol–water partition coefficient (Wildman–Crippen LogP) is 7.86. The van der Waals surface area contributed by atoms with Gasteiger partial charge >= 0.3 is 0 Å². The van der Waals surface area contributed by atoms with E-state index >= 15 is 4.39 Å². The Hall–Kier alpha value is -2.24. The van der Waals surface area contributed by atoms with Crippen LogP contribution in [0.1, 0.15) is 31.7 Å². The van der Waals surface area contributed by atoms with Crippen molar-refractivity contribution < 1.29 is 13.2 Å². The molecule has 0 unspecified atom stereocenters. The monoisotopic (exact) mass is 611 g/mol. The van der Waals surface area contributed by atoms with Crippen molar-refractivity contribution in [3.05, 3.63) is 63.2 Å². The number of nitrogens with two attached hydrogens (primary N) is 1. The van der Waals surface area contributed by atoms with Crippen molar-refractivity contribution in [2.75, 3.05) is 10.5 Å². The zero-order valence-electron chi connectivity index (χ0n) is 17.6. The number of nitrogen functional groups attached to an aromatic ring is 1. The molecule has 2 aromatic heterocycles. The van der Waals surface area contributed by atoms with E-state index in [9.17, 15) is 8.78 Å². The molecule has 1 saturated carbocycles. The van der Waals surface area contributed by atoms with Gasteiger partial charge in [0.1, 0.15) is 29.4 Å². The van der Waals surface area contributed by atoms with Crippen LogP contribution in [-0.4, -0.2) is 14.5 Å². The van der Waals surface area contributed by atoms with Gasteiger partial charge in [-0.3, -0.25) is 0 Å². The minimum atomic E-state index is -0.655. The molecule has 1 aliphatic rings. The molecule has 5 rings (SSSR count). The summed E-state index contributed by atoms with van der Waals surface area (Å²) in [5.74, 6) is -1.49. The molecular weight excluding hydrogens is 595 g/mol. The second kappa shape index (κ2) is 9.43. The first kappa shape index (κ1) is 23.5. The standard InChI is InChI=1S/C23H18Br2F3N5S/c24-14-8-16(27)19(25)21(20(14)28)34-32-17-6-5-11(7-15(17)26)13-9-33(12-3-1-2-4-12)23-18(13)22(29)30-10-31-23/h5-10,12,32H,1-4H2,(H2,29,30,31). The summed E-state index contributed by atoms with van der Waals surface area (Å²) >= 11 is 6.80. The summed E-state index contributed by atoms with van der Waals surface area (Å²) in [6.45, 7) is 0. The Morgan fingerprint density at radius 1 is 1.06 bits per heavy atom. The number of halogens is 5.